The molecule has 1 aliphatic heterocycles. The summed E-state index contributed by atoms with van der Waals surface area (Å²) in [5.41, 5.74) is 0. The first-order valence-electron chi connectivity index (χ1n) is 5.36. The summed E-state index contributed by atoms with van der Waals surface area (Å²) in [7, 11) is -2.35. The smallest absolute Gasteiger partial charge is 0.191 e. The molecule has 0 spiro atoms. The third kappa shape index (κ3) is 3.54. The highest BCUT2D eigenvalue weighted by atomic mass is 28.4. The Morgan fingerprint density at radius 2 is 1.38 bits per heavy atom. The highest BCUT2D eigenvalue weighted by molar-refractivity contribution is 6.89. The minimum atomic E-state index is -1.26. The van der Waals surface area contributed by atoms with Gasteiger partial charge in [0.25, 0.3) is 0 Å². The fraction of sp³-hybridized carbons (Fsp3) is 1.00. The molecule has 1 fully saturated rings. The second kappa shape index (κ2) is 3.84. The van der Waals surface area contributed by atoms with E-state index in [9.17, 15) is 0 Å². The molecular weight excluding hydrogens is 192 g/mol. The number of nitrogens with one attached hydrogen (secondary N) is 1. The molecule has 13 heavy (non-hydrogen) atoms. The van der Waals surface area contributed by atoms with E-state index >= 15 is 0 Å². The summed E-state index contributed by atoms with van der Waals surface area (Å²) in [4.78, 5) is 0. The number of nitrogens with zero attached hydrogens (tertiary/aromatic N) is 1. The van der Waals surface area contributed by atoms with Crippen LogP contribution in [0, 0.1) is 0 Å². The molecule has 0 amide bonds. The van der Waals surface area contributed by atoms with Gasteiger partial charge in [-0.3, -0.25) is 0 Å². The quantitative estimate of drug-likeness (QED) is 0.728. The van der Waals surface area contributed by atoms with Crippen LogP contribution in [-0.4, -0.2) is 34.3 Å². The van der Waals surface area contributed by atoms with Crippen molar-refractivity contribution in [2.75, 3.05) is 13.1 Å². The molecule has 0 bridgehead atoms. The summed E-state index contributed by atoms with van der Waals surface area (Å²) >= 11 is 0. The number of hydrogen-bond donors (Lipinski definition) is 1. The van der Waals surface area contributed by atoms with Crippen LogP contribution in [0.4, 0.5) is 0 Å². The predicted octanol–water partition coefficient (Wildman–Crippen LogP) is 2.21. The number of hydrogen-bond acceptors (Lipinski definition) is 2. The Kier molecular flexibility index (Phi) is 3.38. The highest BCUT2D eigenvalue weighted by Crippen LogP contribution is 2.17. The maximum Gasteiger partial charge on any atom is 0.191 e. The summed E-state index contributed by atoms with van der Waals surface area (Å²) in [5, 5.41) is 0. The van der Waals surface area contributed by atoms with Gasteiger partial charge in [-0.1, -0.05) is 19.6 Å². The van der Waals surface area contributed by atoms with Gasteiger partial charge in [0.05, 0.1) is 0 Å². The molecule has 1 saturated heterocycles. The number of rotatable bonds is 3. The summed E-state index contributed by atoms with van der Waals surface area (Å²) in [5.74, 6) is 0. The zero-order chi connectivity index (χ0) is 10.1. The fourth-order valence-corrected chi connectivity index (χ4v) is 11.7. The van der Waals surface area contributed by atoms with Crippen LogP contribution < -0.4 is 4.65 Å². The van der Waals surface area contributed by atoms with Gasteiger partial charge in [0.1, 0.15) is 8.24 Å². The first-order valence-corrected chi connectivity index (χ1v) is 11.8. The molecular formula is C9H24N2Si2. The van der Waals surface area contributed by atoms with Crippen molar-refractivity contribution in [2.24, 2.45) is 0 Å². The Morgan fingerprint density at radius 3 is 1.77 bits per heavy atom. The van der Waals surface area contributed by atoms with Gasteiger partial charge < -0.3 is 9.21 Å². The van der Waals surface area contributed by atoms with Gasteiger partial charge in [-0.2, -0.15) is 0 Å². The summed E-state index contributed by atoms with van der Waals surface area (Å²) < 4.78 is 6.65. The maximum atomic E-state index is 3.94. The molecule has 2 nitrogen and oxygen atoms in total. The van der Waals surface area contributed by atoms with Crippen LogP contribution in [0.3, 0.4) is 0 Å². The minimum Gasteiger partial charge on any atom is -0.348 e. The van der Waals surface area contributed by atoms with E-state index in [0.29, 0.717) is 0 Å². The van der Waals surface area contributed by atoms with Gasteiger partial charge in [0, 0.05) is 0 Å². The molecule has 1 N–H and O–H groups in total. The van der Waals surface area contributed by atoms with Crippen LogP contribution in [0.5, 0.6) is 0 Å². The zero-order valence-electron chi connectivity index (χ0n) is 9.78. The molecule has 0 aliphatic carbocycles. The van der Waals surface area contributed by atoms with Gasteiger partial charge in [0.2, 0.25) is 0 Å². The van der Waals surface area contributed by atoms with Gasteiger partial charge in [-0.05, 0) is 39.0 Å². The molecule has 0 aromatic carbocycles. The van der Waals surface area contributed by atoms with Crippen LogP contribution >= 0.6 is 0 Å². The Morgan fingerprint density at radius 1 is 0.923 bits per heavy atom. The highest BCUT2D eigenvalue weighted by Gasteiger charge is 2.35. The standard InChI is InChI=1S/C9H24N2Si2/c1-12(2,3)10-13(4,5)11-8-6-7-9-11/h10H,6-9H2,1-5H3. The van der Waals surface area contributed by atoms with Crippen molar-refractivity contribution < 1.29 is 0 Å². The van der Waals surface area contributed by atoms with Crippen molar-refractivity contribution in [3.63, 3.8) is 0 Å². The SMILES string of the molecule is C[Si](C)(C)N[Si](C)(C)N1CCCC1. The second-order valence-corrected chi connectivity index (χ2v) is 14.9. The molecule has 0 aromatic rings. The minimum absolute atomic E-state index is 1.09. The molecule has 4 heteroatoms. The lowest BCUT2D eigenvalue weighted by molar-refractivity contribution is 0.514. The van der Waals surface area contributed by atoms with Crippen molar-refractivity contribution >= 4 is 16.6 Å². The van der Waals surface area contributed by atoms with Crippen LogP contribution in [0.25, 0.3) is 0 Å². The Hall–Kier alpha value is 0.354. The molecule has 0 aromatic heterocycles. The van der Waals surface area contributed by atoms with Crippen LogP contribution in [0.1, 0.15) is 12.8 Å². The van der Waals surface area contributed by atoms with E-state index < -0.39 is 16.6 Å². The van der Waals surface area contributed by atoms with Crippen molar-refractivity contribution in [1.82, 2.24) is 9.21 Å². The third-order valence-electron chi connectivity index (χ3n) is 2.58. The van der Waals surface area contributed by atoms with E-state index in [1.165, 1.54) is 25.9 Å². The summed E-state index contributed by atoms with van der Waals surface area (Å²) in [6.07, 6.45) is 2.81. The molecule has 78 valence electrons. The van der Waals surface area contributed by atoms with Crippen molar-refractivity contribution in [1.29, 1.82) is 0 Å². The molecule has 0 radical (unpaired) electrons. The Bertz CT molecular complexity index is 169. The van der Waals surface area contributed by atoms with E-state index in [1.54, 1.807) is 0 Å². The van der Waals surface area contributed by atoms with Crippen molar-refractivity contribution in [3.8, 4) is 0 Å². The first-order chi connectivity index (χ1) is 5.81. The molecule has 0 unspecified atom stereocenters. The van der Waals surface area contributed by atoms with E-state index in [1.807, 2.05) is 0 Å². The Balaban J connectivity index is 2.53. The van der Waals surface area contributed by atoms with Gasteiger partial charge >= 0.3 is 0 Å². The topological polar surface area (TPSA) is 15.3 Å². The first kappa shape index (κ1) is 11.4. The molecule has 0 saturated carbocycles. The van der Waals surface area contributed by atoms with Crippen LogP contribution in [0.2, 0.25) is 32.7 Å². The second-order valence-electron chi connectivity index (χ2n) is 5.63. The van der Waals surface area contributed by atoms with Gasteiger partial charge in [-0.15, -0.1) is 0 Å². The van der Waals surface area contributed by atoms with Crippen molar-refractivity contribution in [2.45, 2.75) is 45.6 Å². The van der Waals surface area contributed by atoms with Gasteiger partial charge in [-0.25, -0.2) is 0 Å². The molecule has 0 atom stereocenters. The lowest BCUT2D eigenvalue weighted by Crippen LogP contribution is -2.66. The average molecular weight is 216 g/mol. The summed E-state index contributed by atoms with van der Waals surface area (Å²) in [6, 6.07) is 0. The van der Waals surface area contributed by atoms with Crippen LogP contribution in [-0.2, 0) is 0 Å². The van der Waals surface area contributed by atoms with E-state index in [-0.39, 0.29) is 0 Å². The molecule has 1 heterocycles. The van der Waals surface area contributed by atoms with Crippen molar-refractivity contribution in [3.05, 3.63) is 0 Å². The fourth-order valence-electron chi connectivity index (χ4n) is 2.27. The largest absolute Gasteiger partial charge is 0.348 e. The average Bonchev–Trinajstić information content (AvgIpc) is 2.29. The molecule has 1 rings (SSSR count). The van der Waals surface area contributed by atoms with Crippen LogP contribution in [0.15, 0.2) is 0 Å². The molecule has 1 aliphatic rings. The predicted molar refractivity (Wildman–Crippen MR) is 64.8 cm³/mol. The lowest BCUT2D eigenvalue weighted by atomic mass is 10.4. The summed E-state index contributed by atoms with van der Waals surface area (Å²) in [6.45, 7) is 14.8. The van der Waals surface area contributed by atoms with Gasteiger partial charge in [0.15, 0.2) is 8.40 Å². The monoisotopic (exact) mass is 216 g/mol. The van der Waals surface area contributed by atoms with E-state index in [2.05, 4.69) is 41.9 Å². The Labute approximate surface area is 85.0 Å². The maximum absolute atomic E-state index is 3.94. The van der Waals surface area contributed by atoms with E-state index in [0.717, 1.165) is 0 Å². The zero-order valence-corrected chi connectivity index (χ0v) is 11.8. The normalized spacial score (nSPS) is 21.0. The lowest BCUT2D eigenvalue weighted by Gasteiger charge is -2.38. The third-order valence-corrected chi connectivity index (χ3v) is 10.1. The van der Waals surface area contributed by atoms with E-state index in [4.69, 9.17) is 0 Å².